The van der Waals surface area contributed by atoms with Crippen LogP contribution in [-0.4, -0.2) is 29.8 Å². The van der Waals surface area contributed by atoms with Crippen molar-refractivity contribution in [3.63, 3.8) is 0 Å². The van der Waals surface area contributed by atoms with Crippen molar-refractivity contribution in [1.29, 1.82) is 0 Å². The lowest BCUT2D eigenvalue weighted by Crippen LogP contribution is -2.34. The van der Waals surface area contributed by atoms with E-state index in [0.717, 1.165) is 49.9 Å². The zero-order valence-electron chi connectivity index (χ0n) is 12.3. The van der Waals surface area contributed by atoms with E-state index in [1.807, 2.05) is 29.2 Å². The summed E-state index contributed by atoms with van der Waals surface area (Å²) in [6.07, 6.45) is 5.43. The number of benzene rings is 1. The number of hydrogen-bond donors (Lipinski definition) is 1. The number of nitrogens with one attached hydrogen (secondary N) is 1. The lowest BCUT2D eigenvalue weighted by molar-refractivity contribution is -0.127. The minimum absolute atomic E-state index is 0.123. The first-order valence-electron chi connectivity index (χ1n) is 7.90. The molecule has 1 saturated heterocycles. The number of carbonyl (C=O) groups excluding carboxylic acids is 2. The van der Waals surface area contributed by atoms with Gasteiger partial charge in [-0.3, -0.25) is 9.59 Å². The Morgan fingerprint density at radius 3 is 2.29 bits per heavy atom. The molecule has 1 aromatic carbocycles. The molecule has 2 aliphatic rings. The molecule has 4 nitrogen and oxygen atoms in total. The molecule has 3 rings (SSSR count). The van der Waals surface area contributed by atoms with Crippen LogP contribution in [0.1, 0.15) is 48.0 Å². The van der Waals surface area contributed by atoms with Gasteiger partial charge in [0.25, 0.3) is 5.91 Å². The van der Waals surface area contributed by atoms with Crippen molar-refractivity contribution in [2.75, 3.05) is 13.1 Å². The van der Waals surface area contributed by atoms with Crippen molar-refractivity contribution in [3.8, 4) is 0 Å². The summed E-state index contributed by atoms with van der Waals surface area (Å²) in [6.45, 7) is 2.30. The van der Waals surface area contributed by atoms with E-state index >= 15 is 0 Å². The van der Waals surface area contributed by atoms with Gasteiger partial charge in [-0.05, 0) is 43.4 Å². The molecule has 1 aromatic rings. The Morgan fingerprint density at radius 2 is 1.71 bits per heavy atom. The Morgan fingerprint density at radius 1 is 1.05 bits per heavy atom. The Labute approximate surface area is 125 Å². The first-order valence-corrected chi connectivity index (χ1v) is 7.90. The Bertz CT molecular complexity index is 514. The summed E-state index contributed by atoms with van der Waals surface area (Å²) in [6, 6.07) is 7.60. The molecule has 0 aromatic heterocycles. The molecule has 4 heteroatoms. The van der Waals surface area contributed by atoms with Crippen LogP contribution in [0.5, 0.6) is 0 Å². The summed E-state index contributed by atoms with van der Waals surface area (Å²) in [5, 5.41) is 2.97. The van der Waals surface area contributed by atoms with Gasteiger partial charge in [0.2, 0.25) is 5.91 Å². The molecule has 2 amide bonds. The maximum Gasteiger partial charge on any atom is 0.253 e. The highest BCUT2D eigenvalue weighted by Crippen LogP contribution is 2.26. The van der Waals surface area contributed by atoms with Crippen molar-refractivity contribution in [2.45, 2.75) is 38.6 Å². The maximum absolute atomic E-state index is 12.2. The molecule has 0 unspecified atom stereocenters. The number of carbonyl (C=O) groups is 2. The third-order valence-electron chi connectivity index (χ3n) is 4.54. The minimum Gasteiger partial charge on any atom is -0.352 e. The summed E-state index contributed by atoms with van der Waals surface area (Å²) >= 11 is 0. The highest BCUT2D eigenvalue weighted by molar-refractivity contribution is 5.94. The van der Waals surface area contributed by atoms with Crippen LogP contribution >= 0.6 is 0 Å². The average molecular weight is 286 g/mol. The smallest absolute Gasteiger partial charge is 0.253 e. The van der Waals surface area contributed by atoms with E-state index in [2.05, 4.69) is 5.32 Å². The van der Waals surface area contributed by atoms with E-state index in [9.17, 15) is 9.59 Å². The fraction of sp³-hybridized carbons (Fsp3) is 0.529. The number of hydrogen-bond acceptors (Lipinski definition) is 2. The van der Waals surface area contributed by atoms with Gasteiger partial charge < -0.3 is 10.2 Å². The van der Waals surface area contributed by atoms with Crippen LogP contribution in [0, 0.1) is 5.92 Å². The van der Waals surface area contributed by atoms with Gasteiger partial charge in [0.1, 0.15) is 0 Å². The van der Waals surface area contributed by atoms with Gasteiger partial charge in [-0.15, -0.1) is 0 Å². The molecular formula is C17H22N2O2. The molecule has 0 spiro atoms. The zero-order valence-corrected chi connectivity index (χ0v) is 12.3. The van der Waals surface area contributed by atoms with Gasteiger partial charge in [-0.1, -0.05) is 18.6 Å². The van der Waals surface area contributed by atoms with Crippen LogP contribution in [-0.2, 0) is 11.3 Å². The first-order chi connectivity index (χ1) is 10.2. The van der Waals surface area contributed by atoms with Crippen LogP contribution in [0.2, 0.25) is 0 Å². The second kappa shape index (κ2) is 6.29. The topological polar surface area (TPSA) is 49.4 Å². The number of amides is 2. The Hall–Kier alpha value is -1.84. The van der Waals surface area contributed by atoms with Crippen molar-refractivity contribution in [3.05, 3.63) is 35.4 Å². The Kier molecular flexibility index (Phi) is 4.23. The molecule has 1 aliphatic heterocycles. The molecule has 0 atom stereocenters. The summed E-state index contributed by atoms with van der Waals surface area (Å²) in [7, 11) is 0. The van der Waals surface area contributed by atoms with E-state index in [1.165, 1.54) is 6.42 Å². The lowest BCUT2D eigenvalue weighted by atomic mass is 9.85. The predicted molar refractivity (Wildman–Crippen MR) is 80.8 cm³/mol. The molecule has 0 radical (unpaired) electrons. The van der Waals surface area contributed by atoms with E-state index < -0.39 is 0 Å². The highest BCUT2D eigenvalue weighted by Gasteiger charge is 2.24. The van der Waals surface area contributed by atoms with E-state index in [4.69, 9.17) is 0 Å². The summed E-state index contributed by atoms with van der Waals surface area (Å²) in [4.78, 5) is 25.9. The second-order valence-electron chi connectivity index (χ2n) is 6.04. The average Bonchev–Trinajstić information content (AvgIpc) is 2.97. The van der Waals surface area contributed by atoms with Gasteiger partial charge in [-0.2, -0.15) is 0 Å². The van der Waals surface area contributed by atoms with Crippen molar-refractivity contribution < 1.29 is 9.59 Å². The van der Waals surface area contributed by atoms with Crippen LogP contribution in [0.4, 0.5) is 0 Å². The Balaban J connectivity index is 1.53. The molecule has 21 heavy (non-hydrogen) atoms. The van der Waals surface area contributed by atoms with Crippen LogP contribution in [0.25, 0.3) is 0 Å². The molecule has 1 aliphatic carbocycles. The quantitative estimate of drug-likeness (QED) is 0.923. The molecule has 1 saturated carbocycles. The molecule has 2 fully saturated rings. The number of rotatable bonds is 4. The van der Waals surface area contributed by atoms with Crippen molar-refractivity contribution in [2.24, 2.45) is 5.92 Å². The lowest BCUT2D eigenvalue weighted by Gasteiger charge is -2.24. The van der Waals surface area contributed by atoms with Crippen LogP contribution < -0.4 is 5.32 Å². The standard InChI is InChI=1S/C17H22N2O2/c20-16(14-4-3-5-14)18-12-13-6-8-15(9-7-13)17(21)19-10-1-2-11-19/h6-9,14H,1-5,10-12H2,(H,18,20). The van der Waals surface area contributed by atoms with Gasteiger partial charge in [0.15, 0.2) is 0 Å². The number of nitrogens with zero attached hydrogens (tertiary/aromatic N) is 1. The largest absolute Gasteiger partial charge is 0.352 e. The van der Waals surface area contributed by atoms with Crippen molar-refractivity contribution >= 4 is 11.8 Å². The summed E-state index contributed by atoms with van der Waals surface area (Å²) in [5.74, 6) is 0.511. The first kappa shape index (κ1) is 14.1. The van der Waals surface area contributed by atoms with Gasteiger partial charge in [-0.25, -0.2) is 0 Å². The highest BCUT2D eigenvalue weighted by atomic mass is 16.2. The van der Waals surface area contributed by atoms with Crippen LogP contribution in [0.15, 0.2) is 24.3 Å². The predicted octanol–water partition coefficient (Wildman–Crippen LogP) is 2.34. The normalized spacial score (nSPS) is 18.4. The fourth-order valence-electron chi connectivity index (χ4n) is 2.87. The molecule has 112 valence electrons. The summed E-state index contributed by atoms with van der Waals surface area (Å²) in [5.41, 5.74) is 1.78. The molecular weight excluding hydrogens is 264 g/mol. The third kappa shape index (κ3) is 3.26. The van der Waals surface area contributed by atoms with Gasteiger partial charge in [0, 0.05) is 31.1 Å². The van der Waals surface area contributed by atoms with E-state index in [-0.39, 0.29) is 17.7 Å². The van der Waals surface area contributed by atoms with E-state index in [0.29, 0.717) is 6.54 Å². The minimum atomic E-state index is 0.123. The zero-order chi connectivity index (χ0) is 14.7. The molecule has 1 N–H and O–H groups in total. The van der Waals surface area contributed by atoms with Crippen LogP contribution in [0.3, 0.4) is 0 Å². The van der Waals surface area contributed by atoms with Gasteiger partial charge in [0.05, 0.1) is 0 Å². The monoisotopic (exact) mass is 286 g/mol. The maximum atomic E-state index is 12.2. The molecule has 0 bridgehead atoms. The van der Waals surface area contributed by atoms with E-state index in [1.54, 1.807) is 0 Å². The van der Waals surface area contributed by atoms with Gasteiger partial charge >= 0.3 is 0 Å². The summed E-state index contributed by atoms with van der Waals surface area (Å²) < 4.78 is 0. The second-order valence-corrected chi connectivity index (χ2v) is 6.04. The van der Waals surface area contributed by atoms with Crippen molar-refractivity contribution in [1.82, 2.24) is 10.2 Å². The number of likely N-dealkylation sites (tertiary alicyclic amines) is 1. The third-order valence-corrected chi connectivity index (χ3v) is 4.54. The fourth-order valence-corrected chi connectivity index (χ4v) is 2.87. The SMILES string of the molecule is O=C(NCc1ccc(C(=O)N2CCCC2)cc1)C1CCC1. The molecule has 1 heterocycles.